The summed E-state index contributed by atoms with van der Waals surface area (Å²) in [5.41, 5.74) is 1.72. The van der Waals surface area contributed by atoms with Crippen molar-refractivity contribution in [3.63, 3.8) is 0 Å². The summed E-state index contributed by atoms with van der Waals surface area (Å²) in [6, 6.07) is 12.7. The number of non-ortho nitro benzene ring substituents is 2. The molecule has 0 atom stereocenters. The first-order valence-electron chi connectivity index (χ1n) is 11.7. The predicted octanol–water partition coefficient (Wildman–Crippen LogP) is 4.63. The van der Waals surface area contributed by atoms with E-state index in [4.69, 9.17) is 0 Å². The molecular formula is C25H27N5O5S. The average molecular weight is 510 g/mol. The molecule has 1 aliphatic heterocycles. The summed E-state index contributed by atoms with van der Waals surface area (Å²) in [5, 5.41) is 22.8. The van der Waals surface area contributed by atoms with Crippen LogP contribution in [0.3, 0.4) is 0 Å². The smallest absolute Gasteiger partial charge is 0.278 e. The second-order valence-electron chi connectivity index (χ2n) is 9.08. The summed E-state index contributed by atoms with van der Waals surface area (Å²) < 4.78 is 1.84. The van der Waals surface area contributed by atoms with Gasteiger partial charge in [0.1, 0.15) is 0 Å². The zero-order chi connectivity index (χ0) is 25.7. The van der Waals surface area contributed by atoms with E-state index in [0.29, 0.717) is 41.0 Å². The number of benzene rings is 2. The van der Waals surface area contributed by atoms with Crippen LogP contribution in [0.1, 0.15) is 36.5 Å². The molecule has 1 aliphatic rings. The van der Waals surface area contributed by atoms with E-state index >= 15 is 0 Å². The lowest BCUT2D eigenvalue weighted by Gasteiger charge is -2.30. The number of hydrogen-bond acceptors (Lipinski definition) is 8. The van der Waals surface area contributed by atoms with Gasteiger partial charge in [-0.25, -0.2) is 0 Å². The van der Waals surface area contributed by atoms with E-state index < -0.39 is 9.85 Å². The highest BCUT2D eigenvalue weighted by Gasteiger charge is 2.19. The third-order valence-corrected chi connectivity index (χ3v) is 7.32. The molecule has 0 aliphatic carbocycles. The summed E-state index contributed by atoms with van der Waals surface area (Å²) in [4.78, 5) is 41.0. The molecule has 1 saturated heterocycles. The molecule has 0 radical (unpaired) electrons. The van der Waals surface area contributed by atoms with Crippen molar-refractivity contribution < 1.29 is 9.85 Å². The Morgan fingerprint density at radius 3 is 2.22 bits per heavy atom. The molecule has 1 fully saturated rings. The highest BCUT2D eigenvalue weighted by atomic mass is 32.2. The van der Waals surface area contributed by atoms with Crippen molar-refractivity contribution in [2.24, 2.45) is 5.92 Å². The van der Waals surface area contributed by atoms with Crippen LogP contribution in [0.5, 0.6) is 0 Å². The van der Waals surface area contributed by atoms with Crippen LogP contribution in [0.2, 0.25) is 0 Å². The minimum Gasteiger partial charge on any atom is -0.323 e. The third kappa shape index (κ3) is 6.55. The molecule has 0 amide bonds. The van der Waals surface area contributed by atoms with Gasteiger partial charge in [0.2, 0.25) is 0 Å². The fourth-order valence-electron chi connectivity index (χ4n) is 4.19. The topological polar surface area (TPSA) is 124 Å². The number of likely N-dealkylation sites (tertiary alicyclic amines) is 1. The standard InChI is InChI=1S/C25H27N5O5S/c1-18-8-10-27(11-9-18)15-21-16-28(14-19-4-2-6-22(12-19)29(32)33)25(26-24(21)31)36-17-20-5-3-7-23(13-20)30(34)35/h2-7,12-13,16,18H,8-11,14-15,17H2,1H3. The minimum absolute atomic E-state index is 0.00115. The van der Waals surface area contributed by atoms with Crippen molar-refractivity contribution >= 4 is 23.1 Å². The summed E-state index contributed by atoms with van der Waals surface area (Å²) in [7, 11) is 0. The Hall–Kier alpha value is -3.57. The number of piperidine rings is 1. The van der Waals surface area contributed by atoms with Gasteiger partial charge in [-0.15, -0.1) is 0 Å². The number of aromatic nitrogens is 2. The minimum atomic E-state index is -0.444. The number of hydrogen-bond donors (Lipinski definition) is 0. The predicted molar refractivity (Wildman–Crippen MR) is 137 cm³/mol. The van der Waals surface area contributed by atoms with Crippen LogP contribution >= 0.6 is 11.8 Å². The molecular weight excluding hydrogens is 482 g/mol. The van der Waals surface area contributed by atoms with E-state index in [0.717, 1.165) is 31.5 Å². The van der Waals surface area contributed by atoms with Crippen LogP contribution in [-0.2, 0) is 18.8 Å². The van der Waals surface area contributed by atoms with E-state index in [9.17, 15) is 25.0 Å². The molecule has 0 N–H and O–H groups in total. The lowest BCUT2D eigenvalue weighted by molar-refractivity contribution is -0.385. The van der Waals surface area contributed by atoms with Crippen molar-refractivity contribution in [2.45, 2.75) is 43.8 Å². The van der Waals surface area contributed by atoms with Crippen molar-refractivity contribution in [3.05, 3.63) is 102 Å². The zero-order valence-corrected chi connectivity index (χ0v) is 20.7. The Morgan fingerprint density at radius 2 is 1.58 bits per heavy atom. The molecule has 2 heterocycles. The molecule has 36 heavy (non-hydrogen) atoms. The van der Waals surface area contributed by atoms with Crippen molar-refractivity contribution in [1.29, 1.82) is 0 Å². The van der Waals surface area contributed by atoms with Gasteiger partial charge in [-0.3, -0.25) is 29.9 Å². The Bertz CT molecular complexity index is 1320. The van der Waals surface area contributed by atoms with Crippen LogP contribution in [0.4, 0.5) is 11.4 Å². The van der Waals surface area contributed by atoms with Crippen molar-refractivity contribution in [2.75, 3.05) is 13.1 Å². The highest BCUT2D eigenvalue weighted by molar-refractivity contribution is 7.98. The summed E-state index contributed by atoms with van der Waals surface area (Å²) >= 11 is 1.30. The maximum absolute atomic E-state index is 12.9. The summed E-state index contributed by atoms with van der Waals surface area (Å²) in [6.45, 7) is 4.89. The Labute approximate surface area is 212 Å². The van der Waals surface area contributed by atoms with Gasteiger partial charge in [0.05, 0.1) is 9.85 Å². The molecule has 11 heteroatoms. The summed E-state index contributed by atoms with van der Waals surface area (Å²) in [5.74, 6) is 1.06. The van der Waals surface area contributed by atoms with Crippen molar-refractivity contribution in [1.82, 2.24) is 14.5 Å². The van der Waals surface area contributed by atoms with Gasteiger partial charge >= 0.3 is 0 Å². The lowest BCUT2D eigenvalue weighted by Crippen LogP contribution is -2.34. The molecule has 4 rings (SSSR count). The van der Waals surface area contributed by atoms with Gasteiger partial charge in [-0.1, -0.05) is 43.0 Å². The van der Waals surface area contributed by atoms with Crippen LogP contribution in [0, 0.1) is 26.1 Å². The van der Waals surface area contributed by atoms with E-state index in [1.807, 2.05) is 4.57 Å². The van der Waals surface area contributed by atoms with Gasteiger partial charge in [0, 0.05) is 54.9 Å². The first kappa shape index (κ1) is 25.5. The maximum Gasteiger partial charge on any atom is 0.278 e. The summed E-state index contributed by atoms with van der Waals surface area (Å²) in [6.07, 6.45) is 3.97. The van der Waals surface area contributed by atoms with Crippen LogP contribution in [-0.4, -0.2) is 37.4 Å². The molecule has 188 valence electrons. The molecule has 0 bridgehead atoms. The highest BCUT2D eigenvalue weighted by Crippen LogP contribution is 2.25. The fourth-order valence-corrected chi connectivity index (χ4v) is 5.10. The number of nitro benzene ring substituents is 2. The first-order chi connectivity index (χ1) is 17.3. The molecule has 0 saturated carbocycles. The van der Waals surface area contributed by atoms with E-state index in [2.05, 4.69) is 16.8 Å². The Balaban J connectivity index is 1.62. The van der Waals surface area contributed by atoms with E-state index in [-0.39, 0.29) is 16.9 Å². The van der Waals surface area contributed by atoms with Gasteiger partial charge in [0.25, 0.3) is 16.9 Å². The Kier molecular flexibility index (Phi) is 8.11. The number of rotatable bonds is 9. The quantitative estimate of drug-likeness (QED) is 0.177. The average Bonchev–Trinajstić information content (AvgIpc) is 2.86. The second-order valence-corrected chi connectivity index (χ2v) is 10.0. The number of nitro groups is 2. The molecule has 2 aromatic carbocycles. The van der Waals surface area contributed by atoms with Gasteiger partial charge in [-0.2, -0.15) is 4.98 Å². The number of nitrogens with zero attached hydrogens (tertiary/aromatic N) is 5. The van der Waals surface area contributed by atoms with Crippen LogP contribution in [0.15, 0.2) is 64.7 Å². The van der Waals surface area contributed by atoms with E-state index in [1.165, 1.54) is 36.0 Å². The largest absolute Gasteiger partial charge is 0.323 e. The first-order valence-corrected chi connectivity index (χ1v) is 12.7. The lowest BCUT2D eigenvalue weighted by atomic mass is 9.99. The fraction of sp³-hybridized carbons (Fsp3) is 0.360. The molecule has 1 aromatic heterocycles. The molecule has 0 unspecified atom stereocenters. The Morgan fingerprint density at radius 1 is 0.972 bits per heavy atom. The molecule has 0 spiro atoms. The maximum atomic E-state index is 12.9. The van der Waals surface area contributed by atoms with Crippen molar-refractivity contribution in [3.8, 4) is 0 Å². The van der Waals surface area contributed by atoms with Gasteiger partial charge in [0.15, 0.2) is 5.16 Å². The normalized spacial score (nSPS) is 14.6. The van der Waals surface area contributed by atoms with Gasteiger partial charge < -0.3 is 4.57 Å². The second kappa shape index (κ2) is 11.4. The number of thioether (sulfide) groups is 1. The third-order valence-electron chi connectivity index (χ3n) is 6.26. The molecule has 3 aromatic rings. The van der Waals surface area contributed by atoms with E-state index in [1.54, 1.807) is 30.5 Å². The molecule has 10 nitrogen and oxygen atoms in total. The SMILES string of the molecule is CC1CCN(Cc2cn(Cc3cccc([N+](=O)[O-])c3)c(SCc3cccc([N+](=O)[O-])c3)nc2=O)CC1. The van der Waals surface area contributed by atoms with Crippen LogP contribution in [0.25, 0.3) is 0 Å². The zero-order valence-electron chi connectivity index (χ0n) is 19.9. The van der Waals surface area contributed by atoms with Gasteiger partial charge in [-0.05, 0) is 43.0 Å². The monoisotopic (exact) mass is 509 g/mol. The van der Waals surface area contributed by atoms with Crippen LogP contribution < -0.4 is 5.56 Å².